The van der Waals surface area contributed by atoms with Gasteiger partial charge in [-0.05, 0) is 31.9 Å². The van der Waals surface area contributed by atoms with Gasteiger partial charge < -0.3 is 14.1 Å². The number of amides is 1. The zero-order valence-electron chi connectivity index (χ0n) is 17.5. The van der Waals surface area contributed by atoms with E-state index in [0.29, 0.717) is 30.4 Å². The first kappa shape index (κ1) is 20.8. The van der Waals surface area contributed by atoms with Crippen LogP contribution in [0, 0.1) is 6.92 Å². The second-order valence-corrected chi connectivity index (χ2v) is 7.68. The molecule has 0 bridgehead atoms. The molecule has 1 aromatic heterocycles. The molecule has 0 N–H and O–H groups in total. The molecule has 1 atom stereocenters. The number of rotatable bonds is 7. The fraction of sp³-hybridized carbons (Fsp3) is 0.333. The lowest BCUT2D eigenvalue weighted by molar-refractivity contribution is -0.160. The number of aromatic nitrogens is 2. The van der Waals surface area contributed by atoms with E-state index < -0.39 is 12.1 Å². The molecule has 2 heterocycles. The lowest BCUT2D eigenvalue weighted by Crippen LogP contribution is -2.34. The maximum Gasteiger partial charge on any atom is 0.307 e. The molecule has 1 saturated heterocycles. The van der Waals surface area contributed by atoms with Crippen molar-refractivity contribution >= 4 is 11.9 Å². The van der Waals surface area contributed by atoms with Crippen molar-refractivity contribution in [2.24, 2.45) is 0 Å². The first-order valence-electron chi connectivity index (χ1n) is 10.5. The molecular weight excluding hydrogens is 394 g/mol. The van der Waals surface area contributed by atoms with Crippen molar-refractivity contribution in [3.63, 3.8) is 0 Å². The molecule has 31 heavy (non-hydrogen) atoms. The van der Waals surface area contributed by atoms with Gasteiger partial charge in [-0.25, -0.2) is 0 Å². The Morgan fingerprint density at radius 2 is 1.74 bits per heavy atom. The molecular formula is C24H25N3O4. The first-order valence-corrected chi connectivity index (χ1v) is 10.5. The van der Waals surface area contributed by atoms with Crippen LogP contribution in [-0.2, 0) is 20.7 Å². The Morgan fingerprint density at radius 1 is 1.03 bits per heavy atom. The molecule has 0 spiro atoms. The van der Waals surface area contributed by atoms with Gasteiger partial charge in [0.2, 0.25) is 17.9 Å². The van der Waals surface area contributed by atoms with Gasteiger partial charge in [0.25, 0.3) is 5.91 Å². The van der Waals surface area contributed by atoms with E-state index in [4.69, 9.17) is 9.15 Å². The number of nitrogens with zero attached hydrogens (tertiary/aromatic N) is 3. The largest absolute Gasteiger partial charge is 0.447 e. The molecule has 1 fully saturated rings. The molecule has 1 amide bonds. The van der Waals surface area contributed by atoms with Crippen LogP contribution in [0.2, 0.25) is 0 Å². The topological polar surface area (TPSA) is 85.5 Å². The van der Waals surface area contributed by atoms with Crippen molar-refractivity contribution < 1.29 is 18.7 Å². The molecule has 1 unspecified atom stereocenters. The highest BCUT2D eigenvalue weighted by atomic mass is 16.5. The van der Waals surface area contributed by atoms with Gasteiger partial charge in [-0.3, -0.25) is 9.59 Å². The summed E-state index contributed by atoms with van der Waals surface area (Å²) in [7, 11) is 0. The maximum atomic E-state index is 12.9. The summed E-state index contributed by atoms with van der Waals surface area (Å²) in [6.45, 7) is 3.40. The Kier molecular flexibility index (Phi) is 6.40. The van der Waals surface area contributed by atoms with Gasteiger partial charge in [0.15, 0.2) is 0 Å². The summed E-state index contributed by atoms with van der Waals surface area (Å²) in [5.74, 6) is 0.123. The smallest absolute Gasteiger partial charge is 0.307 e. The molecule has 7 heteroatoms. The molecule has 160 valence electrons. The van der Waals surface area contributed by atoms with E-state index in [0.717, 1.165) is 24.0 Å². The fourth-order valence-corrected chi connectivity index (χ4v) is 3.56. The van der Waals surface area contributed by atoms with Gasteiger partial charge in [0, 0.05) is 30.6 Å². The van der Waals surface area contributed by atoms with Crippen LogP contribution in [-0.4, -0.2) is 40.1 Å². The van der Waals surface area contributed by atoms with E-state index in [9.17, 15) is 9.59 Å². The van der Waals surface area contributed by atoms with Gasteiger partial charge in [0.1, 0.15) is 0 Å². The summed E-state index contributed by atoms with van der Waals surface area (Å²) in [6.07, 6.45) is 1.31. The van der Waals surface area contributed by atoms with E-state index in [1.807, 2.05) is 49.4 Å². The molecule has 3 aromatic rings. The molecule has 4 rings (SSSR count). The first-order chi connectivity index (χ1) is 15.1. The average Bonchev–Trinajstić information content (AvgIpc) is 3.49. The lowest BCUT2D eigenvalue weighted by Gasteiger charge is -2.23. The number of carbonyl (C=O) groups excluding carboxylic acids is 2. The third kappa shape index (κ3) is 5.17. The minimum Gasteiger partial charge on any atom is -0.447 e. The summed E-state index contributed by atoms with van der Waals surface area (Å²) in [4.78, 5) is 27.3. The predicted molar refractivity (Wildman–Crippen MR) is 114 cm³/mol. The van der Waals surface area contributed by atoms with Gasteiger partial charge in [-0.1, -0.05) is 48.0 Å². The van der Waals surface area contributed by atoms with Gasteiger partial charge in [-0.15, -0.1) is 10.2 Å². The Balaban J connectivity index is 1.39. The van der Waals surface area contributed by atoms with Crippen LogP contribution >= 0.6 is 0 Å². The van der Waals surface area contributed by atoms with Crippen molar-refractivity contribution in [2.75, 3.05) is 13.1 Å². The normalized spacial score (nSPS) is 14.4. The number of esters is 1. The summed E-state index contributed by atoms with van der Waals surface area (Å²) < 4.78 is 11.3. The number of ether oxygens (including phenoxy) is 1. The molecule has 1 aliphatic heterocycles. The van der Waals surface area contributed by atoms with Crippen molar-refractivity contribution in [3.8, 4) is 11.5 Å². The van der Waals surface area contributed by atoms with Crippen LogP contribution in [0.3, 0.4) is 0 Å². The van der Waals surface area contributed by atoms with Gasteiger partial charge >= 0.3 is 5.97 Å². The highest BCUT2D eigenvalue weighted by Crippen LogP contribution is 2.24. The number of hydrogen-bond acceptors (Lipinski definition) is 6. The Hall–Kier alpha value is -3.48. The fourth-order valence-electron chi connectivity index (χ4n) is 3.56. The minimum atomic E-state index is -0.933. The van der Waals surface area contributed by atoms with Crippen LogP contribution in [0.4, 0.5) is 0 Å². The summed E-state index contributed by atoms with van der Waals surface area (Å²) in [5, 5.41) is 8.08. The Bertz CT molecular complexity index is 1020. The third-order valence-corrected chi connectivity index (χ3v) is 5.30. The Morgan fingerprint density at radius 3 is 2.45 bits per heavy atom. The zero-order chi connectivity index (χ0) is 21.6. The number of likely N-dealkylation sites (tertiary alicyclic amines) is 1. The molecule has 7 nitrogen and oxygen atoms in total. The molecule has 2 aromatic carbocycles. The van der Waals surface area contributed by atoms with Crippen molar-refractivity contribution in [1.82, 2.24) is 15.1 Å². The number of benzene rings is 2. The van der Waals surface area contributed by atoms with E-state index >= 15 is 0 Å². The highest BCUT2D eigenvalue weighted by molar-refractivity contribution is 5.85. The predicted octanol–water partition coefficient (Wildman–Crippen LogP) is 3.88. The summed E-state index contributed by atoms with van der Waals surface area (Å²) >= 11 is 0. The van der Waals surface area contributed by atoms with E-state index in [2.05, 4.69) is 10.2 Å². The standard InChI is InChI=1S/C24H25N3O4/c1-17-9-11-19(12-10-17)23-26-25-20(30-23)13-14-21(28)31-22(18-7-3-2-4-8-18)24(29)27-15-5-6-16-27/h2-4,7-12,22H,5-6,13-16H2,1H3. The van der Waals surface area contributed by atoms with E-state index in [1.54, 1.807) is 17.0 Å². The molecule has 0 radical (unpaired) electrons. The zero-order valence-corrected chi connectivity index (χ0v) is 17.5. The summed E-state index contributed by atoms with van der Waals surface area (Å²) in [6, 6.07) is 16.9. The quantitative estimate of drug-likeness (QED) is 0.540. The van der Waals surface area contributed by atoms with Crippen molar-refractivity contribution in [2.45, 2.75) is 38.7 Å². The van der Waals surface area contributed by atoms with Crippen molar-refractivity contribution in [3.05, 3.63) is 71.6 Å². The van der Waals surface area contributed by atoms with Crippen LogP contribution in [0.25, 0.3) is 11.5 Å². The average molecular weight is 419 g/mol. The van der Waals surface area contributed by atoms with Crippen molar-refractivity contribution in [1.29, 1.82) is 0 Å². The van der Waals surface area contributed by atoms with E-state index in [-0.39, 0.29) is 18.7 Å². The van der Waals surface area contributed by atoms with Crippen LogP contribution in [0.1, 0.15) is 42.4 Å². The monoisotopic (exact) mass is 419 g/mol. The molecule has 0 aliphatic carbocycles. The third-order valence-electron chi connectivity index (χ3n) is 5.30. The minimum absolute atomic E-state index is 0.0478. The van der Waals surface area contributed by atoms with Gasteiger partial charge in [0.05, 0.1) is 6.42 Å². The maximum absolute atomic E-state index is 12.9. The second-order valence-electron chi connectivity index (χ2n) is 7.68. The Labute approximate surface area is 181 Å². The molecule has 0 saturated carbocycles. The second kappa shape index (κ2) is 9.55. The lowest BCUT2D eigenvalue weighted by atomic mass is 10.1. The number of aryl methyl sites for hydroxylation is 2. The number of carbonyl (C=O) groups is 2. The SMILES string of the molecule is Cc1ccc(-c2nnc(CCC(=O)OC(C(=O)N3CCCC3)c3ccccc3)o2)cc1. The van der Waals surface area contributed by atoms with Crippen LogP contribution < -0.4 is 0 Å². The van der Waals surface area contributed by atoms with E-state index in [1.165, 1.54) is 0 Å². The van der Waals surface area contributed by atoms with Crippen LogP contribution in [0.5, 0.6) is 0 Å². The highest BCUT2D eigenvalue weighted by Gasteiger charge is 2.30. The van der Waals surface area contributed by atoms with Crippen LogP contribution in [0.15, 0.2) is 59.0 Å². The van der Waals surface area contributed by atoms with Gasteiger partial charge in [-0.2, -0.15) is 0 Å². The molecule has 1 aliphatic rings. The number of hydrogen-bond donors (Lipinski definition) is 0. The summed E-state index contributed by atoms with van der Waals surface area (Å²) in [5.41, 5.74) is 2.64.